The van der Waals surface area contributed by atoms with Crippen molar-refractivity contribution >= 4 is 11.5 Å². The van der Waals surface area contributed by atoms with Gasteiger partial charge in [0, 0.05) is 0 Å². The fraction of sp³-hybridized carbons (Fsp3) is 0.357. The SMILES string of the molecule is COC=C(C)c1cccc(C(C)(C)C(=O)O)c1. The highest BCUT2D eigenvalue weighted by Gasteiger charge is 2.29. The quantitative estimate of drug-likeness (QED) is 0.814. The number of methoxy groups -OCH3 is 1. The van der Waals surface area contributed by atoms with Gasteiger partial charge in [0.2, 0.25) is 0 Å². The Labute approximate surface area is 102 Å². The number of rotatable bonds is 4. The Kier molecular flexibility index (Phi) is 3.94. The molecule has 0 spiro atoms. The first-order valence-electron chi connectivity index (χ1n) is 5.43. The Bertz CT molecular complexity index is 445. The van der Waals surface area contributed by atoms with Gasteiger partial charge in [0.15, 0.2) is 0 Å². The van der Waals surface area contributed by atoms with Crippen molar-refractivity contribution in [3.63, 3.8) is 0 Å². The molecule has 92 valence electrons. The summed E-state index contributed by atoms with van der Waals surface area (Å²) in [5.74, 6) is -0.831. The number of carboxylic acid groups (broad SMARTS) is 1. The van der Waals surface area contributed by atoms with E-state index in [0.29, 0.717) is 0 Å². The zero-order chi connectivity index (χ0) is 13.1. The number of benzene rings is 1. The molecule has 0 radical (unpaired) electrons. The first kappa shape index (κ1) is 13.3. The number of hydrogen-bond donors (Lipinski definition) is 1. The molecule has 0 saturated carbocycles. The molecule has 0 saturated heterocycles. The lowest BCUT2D eigenvalue weighted by molar-refractivity contribution is -0.142. The highest BCUT2D eigenvalue weighted by Crippen LogP contribution is 2.26. The van der Waals surface area contributed by atoms with Gasteiger partial charge in [0.25, 0.3) is 0 Å². The molecule has 0 aromatic heterocycles. The summed E-state index contributed by atoms with van der Waals surface area (Å²) >= 11 is 0. The van der Waals surface area contributed by atoms with Gasteiger partial charge in [-0.2, -0.15) is 0 Å². The van der Waals surface area contributed by atoms with Crippen molar-refractivity contribution in [2.24, 2.45) is 0 Å². The molecule has 3 heteroatoms. The molecule has 0 unspecified atom stereocenters. The van der Waals surface area contributed by atoms with E-state index >= 15 is 0 Å². The Morgan fingerprint density at radius 2 is 2.06 bits per heavy atom. The fourth-order valence-corrected chi connectivity index (χ4v) is 1.52. The standard InChI is InChI=1S/C14H18O3/c1-10(9-17-4)11-6-5-7-12(8-11)14(2,3)13(15)16/h5-9H,1-4H3,(H,15,16). The maximum absolute atomic E-state index is 11.2. The van der Waals surface area contributed by atoms with Crippen LogP contribution in [-0.4, -0.2) is 18.2 Å². The Hall–Kier alpha value is -1.77. The molecule has 0 aliphatic heterocycles. The number of allylic oxidation sites excluding steroid dienone is 1. The molecule has 1 rings (SSSR count). The second-order valence-electron chi connectivity index (χ2n) is 4.55. The van der Waals surface area contributed by atoms with Crippen molar-refractivity contribution in [1.82, 2.24) is 0 Å². The molecular formula is C14H18O3. The molecule has 0 atom stereocenters. The lowest BCUT2D eigenvalue weighted by atomic mass is 9.83. The maximum atomic E-state index is 11.2. The summed E-state index contributed by atoms with van der Waals surface area (Å²) in [5.41, 5.74) is 1.84. The van der Waals surface area contributed by atoms with E-state index < -0.39 is 11.4 Å². The van der Waals surface area contributed by atoms with Crippen LogP contribution in [-0.2, 0) is 14.9 Å². The third-order valence-electron chi connectivity index (χ3n) is 2.87. The molecule has 17 heavy (non-hydrogen) atoms. The lowest BCUT2D eigenvalue weighted by Gasteiger charge is -2.20. The van der Waals surface area contributed by atoms with E-state index in [1.807, 2.05) is 31.2 Å². The maximum Gasteiger partial charge on any atom is 0.313 e. The number of hydrogen-bond acceptors (Lipinski definition) is 2. The van der Waals surface area contributed by atoms with Crippen LogP contribution in [0.3, 0.4) is 0 Å². The number of carboxylic acids is 1. The average molecular weight is 234 g/mol. The van der Waals surface area contributed by atoms with E-state index in [-0.39, 0.29) is 0 Å². The molecular weight excluding hydrogens is 216 g/mol. The molecule has 3 nitrogen and oxygen atoms in total. The Balaban J connectivity index is 3.18. The second-order valence-corrected chi connectivity index (χ2v) is 4.55. The van der Waals surface area contributed by atoms with Crippen molar-refractivity contribution in [1.29, 1.82) is 0 Å². The molecule has 0 aliphatic rings. The molecule has 1 aromatic rings. The van der Waals surface area contributed by atoms with Crippen molar-refractivity contribution < 1.29 is 14.6 Å². The van der Waals surface area contributed by atoms with Crippen molar-refractivity contribution in [2.45, 2.75) is 26.2 Å². The lowest BCUT2D eigenvalue weighted by Crippen LogP contribution is -2.28. The van der Waals surface area contributed by atoms with Gasteiger partial charge in [-0.25, -0.2) is 0 Å². The zero-order valence-electron chi connectivity index (χ0n) is 10.7. The van der Waals surface area contributed by atoms with Gasteiger partial charge in [-0.3, -0.25) is 4.79 Å². The van der Waals surface area contributed by atoms with E-state index in [1.165, 1.54) is 0 Å². The summed E-state index contributed by atoms with van der Waals surface area (Å²) in [6.07, 6.45) is 1.65. The molecule has 0 bridgehead atoms. The van der Waals surface area contributed by atoms with E-state index in [4.69, 9.17) is 4.74 Å². The van der Waals surface area contributed by atoms with Crippen LogP contribution in [0, 0.1) is 0 Å². The van der Waals surface area contributed by atoms with Gasteiger partial charge in [-0.15, -0.1) is 0 Å². The normalized spacial score (nSPS) is 12.4. The molecule has 0 aliphatic carbocycles. The van der Waals surface area contributed by atoms with Crippen LogP contribution in [0.15, 0.2) is 30.5 Å². The van der Waals surface area contributed by atoms with Crippen molar-refractivity contribution in [3.8, 4) is 0 Å². The highest BCUT2D eigenvalue weighted by atomic mass is 16.5. The first-order valence-corrected chi connectivity index (χ1v) is 5.43. The van der Waals surface area contributed by atoms with E-state index in [9.17, 15) is 9.90 Å². The van der Waals surface area contributed by atoms with Crippen LogP contribution in [0.5, 0.6) is 0 Å². The minimum atomic E-state index is -0.886. The van der Waals surface area contributed by atoms with Gasteiger partial charge in [0.05, 0.1) is 18.8 Å². The third-order valence-corrected chi connectivity index (χ3v) is 2.87. The van der Waals surface area contributed by atoms with Crippen LogP contribution in [0.1, 0.15) is 31.9 Å². The summed E-state index contributed by atoms with van der Waals surface area (Å²) in [6, 6.07) is 7.52. The molecule has 0 amide bonds. The molecule has 0 heterocycles. The van der Waals surface area contributed by atoms with Gasteiger partial charge >= 0.3 is 5.97 Å². The van der Waals surface area contributed by atoms with E-state index in [1.54, 1.807) is 27.2 Å². The van der Waals surface area contributed by atoms with Crippen molar-refractivity contribution in [3.05, 3.63) is 41.7 Å². The van der Waals surface area contributed by atoms with Crippen LogP contribution >= 0.6 is 0 Å². The molecule has 1 N–H and O–H groups in total. The second kappa shape index (κ2) is 5.04. The summed E-state index contributed by atoms with van der Waals surface area (Å²) in [5, 5.41) is 9.19. The number of ether oxygens (including phenoxy) is 1. The highest BCUT2D eigenvalue weighted by molar-refractivity contribution is 5.80. The summed E-state index contributed by atoms with van der Waals surface area (Å²) < 4.78 is 4.95. The molecule has 0 fully saturated rings. The molecule has 1 aromatic carbocycles. The summed E-state index contributed by atoms with van der Waals surface area (Å²) in [6.45, 7) is 5.32. The predicted molar refractivity (Wildman–Crippen MR) is 67.8 cm³/mol. The Morgan fingerprint density at radius 3 is 2.59 bits per heavy atom. The number of aliphatic carboxylic acids is 1. The van der Waals surface area contributed by atoms with Crippen molar-refractivity contribution in [2.75, 3.05) is 7.11 Å². The predicted octanol–water partition coefficient (Wildman–Crippen LogP) is 3.06. The fourth-order valence-electron chi connectivity index (χ4n) is 1.52. The van der Waals surface area contributed by atoms with Crippen LogP contribution in [0.2, 0.25) is 0 Å². The first-order chi connectivity index (χ1) is 7.89. The summed E-state index contributed by atoms with van der Waals surface area (Å²) in [7, 11) is 1.59. The van der Waals surface area contributed by atoms with Crippen LogP contribution < -0.4 is 0 Å². The largest absolute Gasteiger partial charge is 0.504 e. The zero-order valence-corrected chi connectivity index (χ0v) is 10.7. The monoisotopic (exact) mass is 234 g/mol. The third kappa shape index (κ3) is 2.87. The van der Waals surface area contributed by atoms with E-state index in [2.05, 4.69) is 0 Å². The van der Waals surface area contributed by atoms with Crippen LogP contribution in [0.25, 0.3) is 5.57 Å². The summed E-state index contributed by atoms with van der Waals surface area (Å²) in [4.78, 5) is 11.2. The average Bonchev–Trinajstić information content (AvgIpc) is 2.29. The van der Waals surface area contributed by atoms with Gasteiger partial charge in [-0.05, 0) is 37.5 Å². The van der Waals surface area contributed by atoms with Gasteiger partial charge in [0.1, 0.15) is 0 Å². The number of carbonyl (C=O) groups is 1. The minimum Gasteiger partial charge on any atom is -0.504 e. The Morgan fingerprint density at radius 1 is 1.41 bits per heavy atom. The minimum absolute atomic E-state index is 0.784. The van der Waals surface area contributed by atoms with Gasteiger partial charge < -0.3 is 9.84 Å². The van der Waals surface area contributed by atoms with E-state index in [0.717, 1.165) is 16.7 Å². The smallest absolute Gasteiger partial charge is 0.313 e. The van der Waals surface area contributed by atoms with Crippen LogP contribution in [0.4, 0.5) is 0 Å². The topological polar surface area (TPSA) is 46.5 Å². The van der Waals surface area contributed by atoms with Gasteiger partial charge in [-0.1, -0.05) is 24.3 Å².